The van der Waals surface area contributed by atoms with Gasteiger partial charge in [-0.1, -0.05) is 28.1 Å². The largest absolute Gasteiger partial charge is 0.507 e. The molecule has 0 bridgehead atoms. The van der Waals surface area contributed by atoms with Gasteiger partial charge in [0.05, 0.1) is 5.56 Å². The maximum atomic E-state index is 12.3. The average molecular weight is 312 g/mol. The highest BCUT2D eigenvalue weighted by Gasteiger charge is 2.27. The predicted octanol–water partition coefficient (Wildman–Crippen LogP) is 2.95. The number of nitrogens with zero attached hydrogens (tertiary/aromatic N) is 1. The Morgan fingerprint density at radius 3 is 3.06 bits per heavy atom. The van der Waals surface area contributed by atoms with Crippen molar-refractivity contribution in [3.8, 4) is 5.75 Å². The predicted molar refractivity (Wildman–Crippen MR) is 75.3 cm³/mol. The molecule has 0 spiro atoms. The van der Waals surface area contributed by atoms with Gasteiger partial charge in [0.1, 0.15) is 5.75 Å². The molecule has 4 heteroatoms. The highest BCUT2D eigenvalue weighted by Crippen LogP contribution is 2.27. The van der Waals surface area contributed by atoms with Gasteiger partial charge in [0.25, 0.3) is 5.91 Å². The maximum Gasteiger partial charge on any atom is 0.257 e. The second-order valence-electron chi connectivity index (χ2n) is 4.85. The fraction of sp³-hybridized carbons (Fsp3) is 0.500. The van der Waals surface area contributed by atoms with Crippen LogP contribution in [0.3, 0.4) is 0 Å². The van der Waals surface area contributed by atoms with Crippen molar-refractivity contribution in [3.63, 3.8) is 0 Å². The van der Waals surface area contributed by atoms with Gasteiger partial charge in [-0.2, -0.15) is 0 Å². The number of rotatable bonds is 3. The van der Waals surface area contributed by atoms with E-state index in [9.17, 15) is 9.90 Å². The van der Waals surface area contributed by atoms with E-state index >= 15 is 0 Å². The van der Waals surface area contributed by atoms with Crippen LogP contribution < -0.4 is 0 Å². The molecule has 1 heterocycles. The average Bonchev–Trinajstić information content (AvgIpc) is 2.81. The number of hydrogen-bond acceptors (Lipinski definition) is 2. The van der Waals surface area contributed by atoms with E-state index in [0.29, 0.717) is 11.5 Å². The zero-order valence-electron chi connectivity index (χ0n) is 10.5. The van der Waals surface area contributed by atoms with Crippen LogP contribution in [0.2, 0.25) is 0 Å². The van der Waals surface area contributed by atoms with Crippen LogP contribution in [0.15, 0.2) is 18.2 Å². The summed E-state index contributed by atoms with van der Waals surface area (Å²) in [5.74, 6) is 0.653. The van der Waals surface area contributed by atoms with Crippen LogP contribution in [-0.4, -0.2) is 34.3 Å². The smallest absolute Gasteiger partial charge is 0.257 e. The van der Waals surface area contributed by atoms with Gasteiger partial charge in [-0.3, -0.25) is 4.79 Å². The van der Waals surface area contributed by atoms with Crippen molar-refractivity contribution in [1.82, 2.24) is 4.90 Å². The third-order valence-electron chi connectivity index (χ3n) is 3.56. The molecular formula is C14H18BrNO2. The van der Waals surface area contributed by atoms with E-state index in [-0.39, 0.29) is 11.7 Å². The summed E-state index contributed by atoms with van der Waals surface area (Å²) < 4.78 is 0. The standard InChI is InChI=1S/C14H18BrNO2/c1-10-3-2-4-12(13(10)17)14(18)16-8-6-11(9-16)5-7-15/h2-4,11,17H,5-9H2,1H3. The lowest BCUT2D eigenvalue weighted by Gasteiger charge is -2.17. The Morgan fingerprint density at radius 1 is 1.56 bits per heavy atom. The first-order chi connectivity index (χ1) is 8.63. The van der Waals surface area contributed by atoms with Crippen LogP contribution in [0.5, 0.6) is 5.75 Å². The maximum absolute atomic E-state index is 12.3. The summed E-state index contributed by atoms with van der Waals surface area (Å²) in [7, 11) is 0. The van der Waals surface area contributed by atoms with Gasteiger partial charge >= 0.3 is 0 Å². The van der Waals surface area contributed by atoms with Crippen LogP contribution in [0.4, 0.5) is 0 Å². The molecule has 0 radical (unpaired) electrons. The van der Waals surface area contributed by atoms with E-state index in [1.165, 1.54) is 0 Å². The number of aryl methyl sites for hydroxylation is 1. The van der Waals surface area contributed by atoms with Crippen LogP contribution in [-0.2, 0) is 0 Å². The molecule has 3 nitrogen and oxygen atoms in total. The minimum absolute atomic E-state index is 0.0479. The molecule has 2 rings (SSSR count). The fourth-order valence-electron chi connectivity index (χ4n) is 2.41. The Hall–Kier alpha value is -1.03. The number of aromatic hydroxyl groups is 1. The van der Waals surface area contributed by atoms with Crippen LogP contribution in [0.1, 0.15) is 28.8 Å². The normalized spacial score (nSPS) is 19.2. The highest BCUT2D eigenvalue weighted by molar-refractivity contribution is 9.09. The van der Waals surface area contributed by atoms with Crippen molar-refractivity contribution >= 4 is 21.8 Å². The molecule has 0 saturated carbocycles. The first kappa shape index (κ1) is 13.4. The van der Waals surface area contributed by atoms with Gasteiger partial charge < -0.3 is 10.0 Å². The zero-order chi connectivity index (χ0) is 13.1. The summed E-state index contributed by atoms with van der Waals surface area (Å²) in [5, 5.41) is 10.9. The number of phenols is 1. The van der Waals surface area contributed by atoms with E-state index in [1.54, 1.807) is 6.07 Å². The van der Waals surface area contributed by atoms with Crippen molar-refractivity contribution in [2.24, 2.45) is 5.92 Å². The summed E-state index contributed by atoms with van der Waals surface area (Å²) in [6.07, 6.45) is 2.16. The van der Waals surface area contributed by atoms with Crippen LogP contribution in [0, 0.1) is 12.8 Å². The molecule has 1 amide bonds. The molecule has 0 aliphatic carbocycles. The SMILES string of the molecule is Cc1cccc(C(=O)N2CCC(CCBr)C2)c1O. The molecule has 1 saturated heterocycles. The Bertz CT molecular complexity index is 447. The number of alkyl halides is 1. The molecule has 1 aromatic carbocycles. The summed E-state index contributed by atoms with van der Waals surface area (Å²) in [5.41, 5.74) is 1.17. The molecule has 98 valence electrons. The van der Waals surface area contributed by atoms with Gasteiger partial charge in [-0.25, -0.2) is 0 Å². The number of carbonyl (C=O) groups excluding carboxylic acids is 1. The van der Waals surface area contributed by atoms with Crippen LogP contribution in [0.25, 0.3) is 0 Å². The second kappa shape index (κ2) is 5.74. The highest BCUT2D eigenvalue weighted by atomic mass is 79.9. The van der Waals surface area contributed by atoms with Gasteiger partial charge in [-0.15, -0.1) is 0 Å². The van der Waals surface area contributed by atoms with Crippen molar-refractivity contribution in [1.29, 1.82) is 0 Å². The summed E-state index contributed by atoms with van der Waals surface area (Å²) in [4.78, 5) is 14.2. The molecule has 1 aliphatic heterocycles. The van der Waals surface area contributed by atoms with Crippen molar-refractivity contribution < 1.29 is 9.90 Å². The van der Waals surface area contributed by atoms with Gasteiger partial charge in [0.2, 0.25) is 0 Å². The third kappa shape index (κ3) is 2.69. The van der Waals surface area contributed by atoms with Crippen LogP contribution >= 0.6 is 15.9 Å². The molecule has 1 aliphatic rings. The van der Waals surface area contributed by atoms with E-state index in [4.69, 9.17) is 0 Å². The van der Waals surface area contributed by atoms with Gasteiger partial charge in [-0.05, 0) is 37.3 Å². The fourth-order valence-corrected chi connectivity index (χ4v) is 3.06. The quantitative estimate of drug-likeness (QED) is 0.872. The molecule has 1 N–H and O–H groups in total. The number of phenolic OH excluding ortho intramolecular Hbond substituents is 1. The summed E-state index contributed by atoms with van der Waals surface area (Å²) in [6, 6.07) is 5.32. The molecule has 1 fully saturated rings. The third-order valence-corrected chi connectivity index (χ3v) is 4.02. The Morgan fingerprint density at radius 2 is 2.33 bits per heavy atom. The van der Waals surface area contributed by atoms with Gasteiger partial charge in [0, 0.05) is 18.4 Å². The lowest BCUT2D eigenvalue weighted by atomic mass is 10.1. The second-order valence-corrected chi connectivity index (χ2v) is 5.65. The Kier molecular flexibility index (Phi) is 4.27. The number of benzene rings is 1. The molecule has 1 atom stereocenters. The number of likely N-dealkylation sites (tertiary alicyclic amines) is 1. The lowest BCUT2D eigenvalue weighted by Crippen LogP contribution is -2.28. The van der Waals surface area contributed by atoms with Crippen molar-refractivity contribution in [2.75, 3.05) is 18.4 Å². The summed E-state index contributed by atoms with van der Waals surface area (Å²) >= 11 is 3.44. The Balaban J connectivity index is 2.11. The van der Waals surface area contributed by atoms with E-state index in [2.05, 4.69) is 15.9 Å². The lowest BCUT2D eigenvalue weighted by molar-refractivity contribution is 0.0784. The minimum Gasteiger partial charge on any atom is -0.507 e. The van der Waals surface area contributed by atoms with E-state index < -0.39 is 0 Å². The molecule has 18 heavy (non-hydrogen) atoms. The molecule has 1 aromatic rings. The number of carbonyl (C=O) groups is 1. The van der Waals surface area contributed by atoms with Gasteiger partial charge in [0.15, 0.2) is 0 Å². The number of amides is 1. The van der Waals surface area contributed by atoms with Crippen molar-refractivity contribution in [3.05, 3.63) is 29.3 Å². The Labute approximate surface area is 116 Å². The zero-order valence-corrected chi connectivity index (χ0v) is 12.1. The molecular weight excluding hydrogens is 294 g/mol. The topological polar surface area (TPSA) is 40.5 Å². The molecule has 1 unspecified atom stereocenters. The number of para-hydroxylation sites is 1. The molecule has 0 aromatic heterocycles. The van der Waals surface area contributed by atoms with Crippen molar-refractivity contribution in [2.45, 2.75) is 19.8 Å². The summed E-state index contributed by atoms with van der Waals surface area (Å²) in [6.45, 7) is 3.41. The van der Waals surface area contributed by atoms with E-state index in [0.717, 1.165) is 36.8 Å². The first-order valence-corrected chi connectivity index (χ1v) is 7.39. The minimum atomic E-state index is -0.0479. The van der Waals surface area contributed by atoms with E-state index in [1.807, 2.05) is 24.0 Å². The monoisotopic (exact) mass is 311 g/mol. The first-order valence-electron chi connectivity index (χ1n) is 6.27. The number of halogens is 1. The number of hydrogen-bond donors (Lipinski definition) is 1.